The SMILES string of the molecule is O=C(NCCc1nc(Cc2ccccc2)no1)c1cc(F)ccc1F. The van der Waals surface area contributed by atoms with Crippen LogP contribution in [0.15, 0.2) is 53.1 Å². The highest BCUT2D eigenvalue weighted by atomic mass is 19.1. The second-order valence-electron chi connectivity index (χ2n) is 5.40. The van der Waals surface area contributed by atoms with Crippen LogP contribution in [0.2, 0.25) is 0 Å². The highest BCUT2D eigenvalue weighted by molar-refractivity contribution is 5.94. The summed E-state index contributed by atoms with van der Waals surface area (Å²) in [4.78, 5) is 16.1. The molecule has 0 aliphatic heterocycles. The summed E-state index contributed by atoms with van der Waals surface area (Å²) >= 11 is 0. The topological polar surface area (TPSA) is 68.0 Å². The van der Waals surface area contributed by atoms with Gasteiger partial charge in [0.1, 0.15) is 11.6 Å². The molecule has 0 aliphatic carbocycles. The number of rotatable bonds is 6. The van der Waals surface area contributed by atoms with E-state index in [0.29, 0.717) is 24.6 Å². The zero-order valence-electron chi connectivity index (χ0n) is 13.2. The predicted octanol–water partition coefficient (Wildman–Crippen LogP) is 2.91. The van der Waals surface area contributed by atoms with Crippen LogP contribution in [0.1, 0.15) is 27.6 Å². The molecule has 128 valence electrons. The quantitative estimate of drug-likeness (QED) is 0.747. The van der Waals surface area contributed by atoms with Gasteiger partial charge in [-0.1, -0.05) is 35.5 Å². The fourth-order valence-corrected chi connectivity index (χ4v) is 2.29. The number of nitrogens with one attached hydrogen (secondary N) is 1. The summed E-state index contributed by atoms with van der Waals surface area (Å²) < 4.78 is 31.7. The molecule has 1 heterocycles. The van der Waals surface area contributed by atoms with Crippen molar-refractivity contribution in [3.8, 4) is 0 Å². The number of nitrogens with zero attached hydrogens (tertiary/aromatic N) is 2. The average molecular weight is 343 g/mol. The van der Waals surface area contributed by atoms with E-state index in [9.17, 15) is 13.6 Å². The summed E-state index contributed by atoms with van der Waals surface area (Å²) in [6.45, 7) is 0.168. The molecule has 2 aromatic carbocycles. The number of halogens is 2. The molecule has 0 aliphatic rings. The van der Waals surface area contributed by atoms with Gasteiger partial charge in [-0.2, -0.15) is 4.98 Å². The number of carbonyl (C=O) groups is 1. The Morgan fingerprint density at radius 2 is 1.92 bits per heavy atom. The fourth-order valence-electron chi connectivity index (χ4n) is 2.29. The Hall–Kier alpha value is -3.09. The van der Waals surface area contributed by atoms with E-state index >= 15 is 0 Å². The van der Waals surface area contributed by atoms with Gasteiger partial charge < -0.3 is 9.84 Å². The summed E-state index contributed by atoms with van der Waals surface area (Å²) in [6, 6.07) is 12.4. The van der Waals surface area contributed by atoms with Crippen LogP contribution in [0.3, 0.4) is 0 Å². The maximum absolute atomic E-state index is 13.5. The van der Waals surface area contributed by atoms with Gasteiger partial charge in [0.2, 0.25) is 5.89 Å². The molecule has 0 bridgehead atoms. The van der Waals surface area contributed by atoms with E-state index in [1.807, 2.05) is 30.3 Å². The van der Waals surface area contributed by atoms with Crippen LogP contribution < -0.4 is 5.32 Å². The van der Waals surface area contributed by atoms with Crippen LogP contribution in [-0.2, 0) is 12.8 Å². The third-order valence-corrected chi connectivity index (χ3v) is 3.51. The second kappa shape index (κ2) is 7.65. The molecule has 1 N–H and O–H groups in total. The third kappa shape index (κ3) is 4.47. The van der Waals surface area contributed by atoms with Crippen molar-refractivity contribution in [3.05, 3.63) is 83.0 Å². The van der Waals surface area contributed by atoms with Crippen LogP contribution in [0.25, 0.3) is 0 Å². The first-order valence-corrected chi connectivity index (χ1v) is 7.70. The van der Waals surface area contributed by atoms with E-state index in [4.69, 9.17) is 4.52 Å². The lowest BCUT2D eigenvalue weighted by Gasteiger charge is -2.04. The lowest BCUT2D eigenvalue weighted by atomic mass is 10.1. The Morgan fingerprint density at radius 3 is 2.72 bits per heavy atom. The van der Waals surface area contributed by atoms with Crippen LogP contribution in [-0.4, -0.2) is 22.6 Å². The molecular formula is C18H15F2N3O2. The van der Waals surface area contributed by atoms with Crippen molar-refractivity contribution in [1.29, 1.82) is 0 Å². The number of hydrogen-bond acceptors (Lipinski definition) is 4. The highest BCUT2D eigenvalue weighted by Gasteiger charge is 2.13. The van der Waals surface area contributed by atoms with Crippen LogP contribution >= 0.6 is 0 Å². The van der Waals surface area contributed by atoms with Crippen molar-refractivity contribution in [3.63, 3.8) is 0 Å². The molecule has 0 fully saturated rings. The number of benzene rings is 2. The molecule has 7 heteroatoms. The third-order valence-electron chi connectivity index (χ3n) is 3.51. The monoisotopic (exact) mass is 343 g/mol. The molecule has 1 amide bonds. The first-order chi connectivity index (χ1) is 12.1. The Labute approximate surface area is 142 Å². The Bertz CT molecular complexity index is 866. The molecule has 0 unspecified atom stereocenters. The summed E-state index contributed by atoms with van der Waals surface area (Å²) in [6.07, 6.45) is 0.843. The predicted molar refractivity (Wildman–Crippen MR) is 85.9 cm³/mol. The van der Waals surface area contributed by atoms with E-state index in [-0.39, 0.29) is 12.1 Å². The van der Waals surface area contributed by atoms with Gasteiger partial charge in [0.05, 0.1) is 5.56 Å². The standard InChI is InChI=1S/C18H15F2N3O2/c19-13-6-7-15(20)14(11-13)18(24)21-9-8-17-22-16(23-25-17)10-12-4-2-1-3-5-12/h1-7,11H,8-10H2,(H,21,24). The molecule has 0 saturated heterocycles. The van der Waals surface area contributed by atoms with E-state index in [1.54, 1.807) is 0 Å². The number of aromatic nitrogens is 2. The van der Waals surface area contributed by atoms with Gasteiger partial charge >= 0.3 is 0 Å². The molecule has 3 aromatic rings. The maximum Gasteiger partial charge on any atom is 0.254 e. The average Bonchev–Trinajstić information content (AvgIpc) is 3.05. The molecule has 0 radical (unpaired) electrons. The fraction of sp³-hybridized carbons (Fsp3) is 0.167. The summed E-state index contributed by atoms with van der Waals surface area (Å²) in [5, 5.41) is 6.39. The molecule has 1 aromatic heterocycles. The lowest BCUT2D eigenvalue weighted by molar-refractivity contribution is 0.0949. The van der Waals surface area contributed by atoms with Crippen LogP contribution in [0.5, 0.6) is 0 Å². The molecule has 25 heavy (non-hydrogen) atoms. The number of carbonyl (C=O) groups excluding carboxylic acids is 1. The Balaban J connectivity index is 1.52. The summed E-state index contributed by atoms with van der Waals surface area (Å²) in [5.74, 6) is -1.23. The van der Waals surface area contributed by atoms with Crippen molar-refractivity contribution in [2.45, 2.75) is 12.8 Å². The van der Waals surface area contributed by atoms with Gasteiger partial charge in [-0.15, -0.1) is 0 Å². The van der Waals surface area contributed by atoms with E-state index < -0.39 is 17.5 Å². The first-order valence-electron chi connectivity index (χ1n) is 7.70. The zero-order valence-corrected chi connectivity index (χ0v) is 13.2. The van der Waals surface area contributed by atoms with E-state index in [0.717, 1.165) is 23.8 Å². The minimum Gasteiger partial charge on any atom is -0.351 e. The molecule has 0 spiro atoms. The number of amides is 1. The van der Waals surface area contributed by atoms with Crippen molar-refractivity contribution < 1.29 is 18.1 Å². The van der Waals surface area contributed by atoms with Gasteiger partial charge in [0.15, 0.2) is 5.82 Å². The largest absolute Gasteiger partial charge is 0.351 e. The van der Waals surface area contributed by atoms with E-state index in [2.05, 4.69) is 15.5 Å². The summed E-state index contributed by atoms with van der Waals surface area (Å²) in [7, 11) is 0. The molecule has 0 atom stereocenters. The van der Waals surface area contributed by atoms with Crippen molar-refractivity contribution >= 4 is 5.91 Å². The van der Waals surface area contributed by atoms with Gasteiger partial charge in [0.25, 0.3) is 5.91 Å². The van der Waals surface area contributed by atoms with Crippen molar-refractivity contribution in [1.82, 2.24) is 15.5 Å². The molecular weight excluding hydrogens is 328 g/mol. The lowest BCUT2D eigenvalue weighted by Crippen LogP contribution is -2.26. The molecule has 0 saturated carbocycles. The molecule has 5 nitrogen and oxygen atoms in total. The minimum atomic E-state index is -0.776. The first kappa shape index (κ1) is 16.8. The van der Waals surface area contributed by atoms with Crippen LogP contribution in [0, 0.1) is 11.6 Å². The smallest absolute Gasteiger partial charge is 0.254 e. The minimum absolute atomic E-state index is 0.168. The van der Waals surface area contributed by atoms with Crippen molar-refractivity contribution in [2.24, 2.45) is 0 Å². The maximum atomic E-state index is 13.5. The van der Waals surface area contributed by atoms with Gasteiger partial charge in [-0.25, -0.2) is 8.78 Å². The zero-order chi connectivity index (χ0) is 17.6. The summed E-state index contributed by atoms with van der Waals surface area (Å²) in [5.41, 5.74) is 0.722. The number of hydrogen-bond donors (Lipinski definition) is 1. The van der Waals surface area contributed by atoms with Gasteiger partial charge in [-0.3, -0.25) is 4.79 Å². The van der Waals surface area contributed by atoms with Gasteiger partial charge in [-0.05, 0) is 23.8 Å². The molecule has 3 rings (SSSR count). The second-order valence-corrected chi connectivity index (χ2v) is 5.40. The highest BCUT2D eigenvalue weighted by Crippen LogP contribution is 2.10. The van der Waals surface area contributed by atoms with Crippen LogP contribution in [0.4, 0.5) is 8.78 Å². The Morgan fingerprint density at radius 1 is 1.12 bits per heavy atom. The van der Waals surface area contributed by atoms with E-state index in [1.165, 1.54) is 0 Å². The Kier molecular flexibility index (Phi) is 5.13. The van der Waals surface area contributed by atoms with Gasteiger partial charge in [0, 0.05) is 19.4 Å². The normalized spacial score (nSPS) is 10.6. The van der Waals surface area contributed by atoms with Crippen molar-refractivity contribution in [2.75, 3.05) is 6.54 Å².